The van der Waals surface area contributed by atoms with E-state index in [1.807, 2.05) is 60.7 Å². The number of nitrogens with one attached hydrogen (secondary N) is 2. The third-order valence-corrected chi connectivity index (χ3v) is 5.48. The van der Waals surface area contributed by atoms with Gasteiger partial charge in [0.15, 0.2) is 0 Å². The minimum Gasteiger partial charge on any atom is -0.298 e. The van der Waals surface area contributed by atoms with Crippen molar-refractivity contribution >= 4 is 11.8 Å². The molecule has 30 heavy (non-hydrogen) atoms. The second-order valence-electron chi connectivity index (χ2n) is 7.49. The van der Waals surface area contributed by atoms with Gasteiger partial charge in [0.1, 0.15) is 11.7 Å². The summed E-state index contributed by atoms with van der Waals surface area (Å²) in [6, 6.07) is 19.0. The fourth-order valence-corrected chi connectivity index (χ4v) is 3.95. The van der Waals surface area contributed by atoms with Crippen molar-refractivity contribution in [1.29, 1.82) is 0 Å². The zero-order valence-electron chi connectivity index (χ0n) is 17.0. The molecule has 0 saturated carbocycles. The van der Waals surface area contributed by atoms with Crippen molar-refractivity contribution in [3.05, 3.63) is 89.2 Å². The monoisotopic (exact) mass is 399 g/mol. The number of benzene rings is 2. The summed E-state index contributed by atoms with van der Waals surface area (Å²) in [5.74, 6) is -0.826. The number of aromatic nitrogens is 1. The highest BCUT2D eigenvalue weighted by molar-refractivity contribution is 6.09. The van der Waals surface area contributed by atoms with Gasteiger partial charge in [-0.05, 0) is 41.2 Å². The number of pyridine rings is 1. The zero-order chi connectivity index (χ0) is 20.9. The number of rotatable bonds is 6. The maximum Gasteiger partial charge on any atom is 0.277 e. The van der Waals surface area contributed by atoms with Crippen molar-refractivity contribution < 1.29 is 9.59 Å². The molecule has 5 nitrogen and oxygen atoms in total. The number of amides is 2. The average Bonchev–Trinajstić information content (AvgIpc) is 3.22. The Morgan fingerprint density at radius 3 is 2.63 bits per heavy atom. The van der Waals surface area contributed by atoms with Crippen molar-refractivity contribution in [2.75, 3.05) is 0 Å². The molecule has 1 aromatic heterocycles. The van der Waals surface area contributed by atoms with E-state index in [4.69, 9.17) is 0 Å². The lowest BCUT2D eigenvalue weighted by atomic mass is 9.94. The molecule has 4 rings (SSSR count). The summed E-state index contributed by atoms with van der Waals surface area (Å²) in [5, 5.41) is 5.75. The van der Waals surface area contributed by atoms with Crippen molar-refractivity contribution in [2.24, 2.45) is 0 Å². The molecule has 3 aromatic rings. The van der Waals surface area contributed by atoms with Crippen LogP contribution in [-0.2, 0) is 17.8 Å². The van der Waals surface area contributed by atoms with Crippen LogP contribution in [0.3, 0.4) is 0 Å². The van der Waals surface area contributed by atoms with E-state index in [-0.39, 0.29) is 11.6 Å². The minimum absolute atomic E-state index is 0.287. The highest BCUT2D eigenvalue weighted by Crippen LogP contribution is 2.29. The lowest BCUT2D eigenvalue weighted by molar-refractivity contribution is -0.122. The molecule has 1 aliphatic heterocycles. The Labute approximate surface area is 176 Å². The molecule has 1 atom stereocenters. The fourth-order valence-electron chi connectivity index (χ4n) is 3.95. The molecule has 1 unspecified atom stereocenters. The largest absolute Gasteiger partial charge is 0.298 e. The number of imide groups is 1. The molecule has 152 valence electrons. The summed E-state index contributed by atoms with van der Waals surface area (Å²) in [6.45, 7) is 2.75. The number of unbranched alkanes of at least 4 members (excludes halogenated alkanes) is 1. The Hall–Kier alpha value is -3.31. The van der Waals surface area contributed by atoms with E-state index in [9.17, 15) is 9.59 Å². The predicted octanol–water partition coefficient (Wildman–Crippen LogP) is 4.19. The maximum absolute atomic E-state index is 13.1. The standard InChI is InChI=1S/C25H25N3O2/c1-2-3-9-18-14-15-26-23(21(18)17-10-5-4-6-11-17)25(30)28-24(29)22-20-13-8-7-12-19(20)16-27-22/h4-8,10-15,22,27H,2-3,9,16H2,1H3,(H,28,29,30). The second-order valence-corrected chi connectivity index (χ2v) is 7.49. The summed E-state index contributed by atoms with van der Waals surface area (Å²) < 4.78 is 0. The first-order valence-electron chi connectivity index (χ1n) is 10.4. The van der Waals surface area contributed by atoms with E-state index in [2.05, 4.69) is 22.5 Å². The molecule has 2 heterocycles. The number of hydrogen-bond acceptors (Lipinski definition) is 4. The number of carbonyl (C=O) groups is 2. The first-order chi connectivity index (χ1) is 14.7. The molecule has 2 N–H and O–H groups in total. The van der Waals surface area contributed by atoms with Crippen LogP contribution in [0.15, 0.2) is 66.9 Å². The first kappa shape index (κ1) is 20.0. The summed E-state index contributed by atoms with van der Waals surface area (Å²) in [7, 11) is 0. The van der Waals surface area contributed by atoms with E-state index in [0.717, 1.165) is 47.1 Å². The molecule has 0 radical (unpaired) electrons. The van der Waals surface area contributed by atoms with Gasteiger partial charge >= 0.3 is 0 Å². The lowest BCUT2D eigenvalue weighted by Crippen LogP contribution is -2.38. The van der Waals surface area contributed by atoms with Gasteiger partial charge in [-0.3, -0.25) is 25.2 Å². The lowest BCUT2D eigenvalue weighted by Gasteiger charge is -2.16. The Morgan fingerprint density at radius 1 is 1.07 bits per heavy atom. The highest BCUT2D eigenvalue weighted by atomic mass is 16.2. The highest BCUT2D eigenvalue weighted by Gasteiger charge is 2.30. The Bertz CT molecular complexity index is 1060. The normalized spacial score (nSPS) is 14.9. The van der Waals surface area contributed by atoms with Gasteiger partial charge in [-0.15, -0.1) is 0 Å². The van der Waals surface area contributed by atoms with Crippen LogP contribution in [0.4, 0.5) is 0 Å². The molecule has 2 aromatic carbocycles. The van der Waals surface area contributed by atoms with Gasteiger partial charge in [0.05, 0.1) is 0 Å². The molecule has 2 amide bonds. The molecular formula is C25H25N3O2. The van der Waals surface area contributed by atoms with E-state index >= 15 is 0 Å². The SMILES string of the molecule is CCCCc1ccnc(C(=O)NC(=O)C2NCc3ccccc32)c1-c1ccccc1. The third-order valence-electron chi connectivity index (χ3n) is 5.48. The van der Waals surface area contributed by atoms with Crippen molar-refractivity contribution in [2.45, 2.75) is 38.8 Å². The number of carbonyl (C=O) groups excluding carboxylic acids is 2. The van der Waals surface area contributed by atoms with Crippen molar-refractivity contribution in [1.82, 2.24) is 15.6 Å². The van der Waals surface area contributed by atoms with Crippen LogP contribution < -0.4 is 10.6 Å². The molecule has 5 heteroatoms. The van der Waals surface area contributed by atoms with Crippen LogP contribution in [-0.4, -0.2) is 16.8 Å². The van der Waals surface area contributed by atoms with Crippen molar-refractivity contribution in [3.8, 4) is 11.1 Å². The van der Waals surface area contributed by atoms with E-state index in [1.54, 1.807) is 6.20 Å². The first-order valence-corrected chi connectivity index (χ1v) is 10.4. The second kappa shape index (κ2) is 9.01. The summed E-state index contributed by atoms with van der Waals surface area (Å²) >= 11 is 0. The van der Waals surface area contributed by atoms with Gasteiger partial charge in [-0.2, -0.15) is 0 Å². The average molecular weight is 399 g/mol. The third kappa shape index (κ3) is 4.02. The number of nitrogens with zero attached hydrogens (tertiary/aromatic N) is 1. The number of aryl methyl sites for hydroxylation is 1. The van der Waals surface area contributed by atoms with Gasteiger partial charge in [0, 0.05) is 18.3 Å². The van der Waals surface area contributed by atoms with Gasteiger partial charge in [0.2, 0.25) is 5.91 Å². The predicted molar refractivity (Wildman–Crippen MR) is 117 cm³/mol. The van der Waals surface area contributed by atoms with Gasteiger partial charge in [0.25, 0.3) is 5.91 Å². The van der Waals surface area contributed by atoms with E-state index < -0.39 is 11.9 Å². The summed E-state index contributed by atoms with van der Waals surface area (Å²) in [5.41, 5.74) is 5.08. The van der Waals surface area contributed by atoms with Crippen LogP contribution in [0.2, 0.25) is 0 Å². The topological polar surface area (TPSA) is 71.1 Å². The van der Waals surface area contributed by atoms with Crippen LogP contribution >= 0.6 is 0 Å². The molecule has 0 aliphatic carbocycles. The van der Waals surface area contributed by atoms with Crippen molar-refractivity contribution in [3.63, 3.8) is 0 Å². The molecule has 0 spiro atoms. The van der Waals surface area contributed by atoms with Crippen LogP contribution in [0.25, 0.3) is 11.1 Å². The van der Waals surface area contributed by atoms with Crippen LogP contribution in [0.5, 0.6) is 0 Å². The molecule has 0 bridgehead atoms. The molecular weight excluding hydrogens is 374 g/mol. The number of fused-ring (bicyclic) bond motifs is 1. The minimum atomic E-state index is -0.534. The quantitative estimate of drug-likeness (QED) is 0.610. The van der Waals surface area contributed by atoms with Gasteiger partial charge in [-0.1, -0.05) is 67.9 Å². The molecule has 0 saturated heterocycles. The van der Waals surface area contributed by atoms with E-state index in [1.165, 1.54) is 0 Å². The van der Waals surface area contributed by atoms with Crippen LogP contribution in [0, 0.1) is 0 Å². The van der Waals surface area contributed by atoms with Gasteiger partial charge in [-0.25, -0.2) is 0 Å². The Kier molecular flexibility index (Phi) is 6.00. The van der Waals surface area contributed by atoms with E-state index in [0.29, 0.717) is 6.54 Å². The zero-order valence-corrected chi connectivity index (χ0v) is 17.0. The number of hydrogen-bond donors (Lipinski definition) is 2. The van der Waals surface area contributed by atoms with Gasteiger partial charge < -0.3 is 0 Å². The Morgan fingerprint density at radius 2 is 1.83 bits per heavy atom. The smallest absolute Gasteiger partial charge is 0.277 e. The summed E-state index contributed by atoms with van der Waals surface area (Å²) in [4.78, 5) is 30.4. The fraction of sp³-hybridized carbons (Fsp3) is 0.240. The molecule has 0 fully saturated rings. The summed E-state index contributed by atoms with van der Waals surface area (Å²) in [6.07, 6.45) is 4.59. The maximum atomic E-state index is 13.1. The Balaban J connectivity index is 1.63. The van der Waals surface area contributed by atoms with Crippen LogP contribution in [0.1, 0.15) is 53.0 Å². The molecule has 1 aliphatic rings.